The molecule has 0 atom stereocenters. The standard InChI is InChI=1S/C20H18N2O3/c1-24-17-10-5-7-15(13-17)14-22-19(23)18-11-6-12-21-20(18)25-16-8-3-2-4-9-16/h2-13H,14H2,1H3,(H,22,23). The fraction of sp³-hybridized carbons (Fsp3) is 0.100. The molecule has 0 unspecified atom stereocenters. The lowest BCUT2D eigenvalue weighted by molar-refractivity contribution is 0.0948. The number of para-hydroxylation sites is 1. The van der Waals surface area contributed by atoms with Gasteiger partial charge in [-0.3, -0.25) is 4.79 Å². The number of hydrogen-bond donors (Lipinski definition) is 1. The number of carbonyl (C=O) groups excluding carboxylic acids is 1. The number of amides is 1. The number of ether oxygens (including phenoxy) is 2. The minimum Gasteiger partial charge on any atom is -0.497 e. The van der Waals surface area contributed by atoms with Crippen LogP contribution in [0.25, 0.3) is 0 Å². The van der Waals surface area contributed by atoms with Crippen molar-refractivity contribution < 1.29 is 14.3 Å². The molecule has 0 fully saturated rings. The Morgan fingerprint density at radius 1 is 1.00 bits per heavy atom. The van der Waals surface area contributed by atoms with Gasteiger partial charge in [-0.1, -0.05) is 30.3 Å². The van der Waals surface area contributed by atoms with Crippen LogP contribution in [-0.4, -0.2) is 18.0 Å². The first-order valence-electron chi connectivity index (χ1n) is 7.85. The number of nitrogens with zero attached hydrogens (tertiary/aromatic N) is 1. The molecule has 0 spiro atoms. The zero-order valence-corrected chi connectivity index (χ0v) is 13.8. The number of hydrogen-bond acceptors (Lipinski definition) is 4. The van der Waals surface area contributed by atoms with Gasteiger partial charge in [0.15, 0.2) is 0 Å². The molecule has 3 rings (SSSR count). The normalized spacial score (nSPS) is 10.1. The molecule has 0 bridgehead atoms. The lowest BCUT2D eigenvalue weighted by Gasteiger charge is -2.10. The number of benzene rings is 2. The molecule has 1 amide bonds. The van der Waals surface area contributed by atoms with E-state index in [0.717, 1.165) is 11.3 Å². The van der Waals surface area contributed by atoms with Crippen molar-refractivity contribution in [2.24, 2.45) is 0 Å². The van der Waals surface area contributed by atoms with E-state index in [1.807, 2.05) is 54.6 Å². The molecule has 1 N–H and O–H groups in total. The maximum atomic E-state index is 12.5. The van der Waals surface area contributed by atoms with Crippen molar-refractivity contribution in [3.05, 3.63) is 84.1 Å². The van der Waals surface area contributed by atoms with Crippen molar-refractivity contribution in [2.75, 3.05) is 7.11 Å². The van der Waals surface area contributed by atoms with Crippen LogP contribution in [0.4, 0.5) is 0 Å². The summed E-state index contributed by atoms with van der Waals surface area (Å²) in [5, 5.41) is 2.88. The van der Waals surface area contributed by atoms with Gasteiger partial charge in [0.05, 0.1) is 7.11 Å². The molecule has 0 saturated carbocycles. The molecule has 3 aromatic rings. The van der Waals surface area contributed by atoms with Crippen LogP contribution in [0.3, 0.4) is 0 Å². The lowest BCUT2D eigenvalue weighted by atomic mass is 10.2. The first-order valence-corrected chi connectivity index (χ1v) is 7.85. The van der Waals surface area contributed by atoms with Gasteiger partial charge in [0, 0.05) is 12.7 Å². The van der Waals surface area contributed by atoms with Gasteiger partial charge in [-0.15, -0.1) is 0 Å². The molecule has 0 radical (unpaired) electrons. The summed E-state index contributed by atoms with van der Waals surface area (Å²) in [6.45, 7) is 0.385. The van der Waals surface area contributed by atoms with E-state index < -0.39 is 0 Å². The van der Waals surface area contributed by atoms with Gasteiger partial charge in [0.1, 0.15) is 17.1 Å². The molecule has 126 valence electrons. The molecular weight excluding hydrogens is 316 g/mol. The molecule has 0 aliphatic rings. The first-order chi connectivity index (χ1) is 12.3. The highest BCUT2D eigenvalue weighted by atomic mass is 16.5. The van der Waals surface area contributed by atoms with Gasteiger partial charge in [-0.25, -0.2) is 4.98 Å². The van der Waals surface area contributed by atoms with Gasteiger partial charge < -0.3 is 14.8 Å². The molecule has 1 heterocycles. The second-order valence-electron chi connectivity index (χ2n) is 5.31. The third-order valence-electron chi connectivity index (χ3n) is 3.56. The highest BCUT2D eigenvalue weighted by molar-refractivity contribution is 5.96. The highest BCUT2D eigenvalue weighted by Gasteiger charge is 2.14. The fourth-order valence-corrected chi connectivity index (χ4v) is 2.31. The maximum Gasteiger partial charge on any atom is 0.257 e. The van der Waals surface area contributed by atoms with Crippen molar-refractivity contribution in [1.29, 1.82) is 0 Å². The molecule has 25 heavy (non-hydrogen) atoms. The monoisotopic (exact) mass is 334 g/mol. The van der Waals surface area contributed by atoms with Gasteiger partial charge in [-0.2, -0.15) is 0 Å². The summed E-state index contributed by atoms with van der Waals surface area (Å²) in [5.74, 6) is 1.41. The molecule has 0 saturated heterocycles. The Labute approximate surface area is 146 Å². The molecule has 1 aromatic heterocycles. The van der Waals surface area contributed by atoms with E-state index in [0.29, 0.717) is 17.9 Å². The van der Waals surface area contributed by atoms with Crippen molar-refractivity contribution in [2.45, 2.75) is 6.54 Å². The first kappa shape index (κ1) is 16.5. The molecular formula is C20H18N2O3. The van der Waals surface area contributed by atoms with Crippen LogP contribution >= 0.6 is 0 Å². The van der Waals surface area contributed by atoms with Gasteiger partial charge in [0.2, 0.25) is 5.88 Å². The Kier molecular flexibility index (Phi) is 5.26. The number of carbonyl (C=O) groups is 1. The number of aromatic nitrogens is 1. The average molecular weight is 334 g/mol. The van der Waals surface area contributed by atoms with Crippen LogP contribution in [0.2, 0.25) is 0 Å². The maximum absolute atomic E-state index is 12.5. The van der Waals surface area contributed by atoms with Crippen molar-refractivity contribution in [3.63, 3.8) is 0 Å². The van der Waals surface area contributed by atoms with Crippen LogP contribution < -0.4 is 14.8 Å². The van der Waals surface area contributed by atoms with E-state index in [-0.39, 0.29) is 11.8 Å². The Hall–Kier alpha value is -3.34. The summed E-state index contributed by atoms with van der Waals surface area (Å²) in [7, 11) is 1.61. The summed E-state index contributed by atoms with van der Waals surface area (Å²) in [6, 6.07) is 20.2. The van der Waals surface area contributed by atoms with Crippen LogP contribution in [0.5, 0.6) is 17.4 Å². The molecule has 2 aromatic carbocycles. The highest BCUT2D eigenvalue weighted by Crippen LogP contribution is 2.22. The zero-order chi connectivity index (χ0) is 17.5. The molecule has 5 heteroatoms. The van der Waals surface area contributed by atoms with E-state index in [2.05, 4.69) is 10.3 Å². The average Bonchev–Trinajstić information content (AvgIpc) is 2.67. The predicted octanol–water partition coefficient (Wildman–Crippen LogP) is 3.81. The van der Waals surface area contributed by atoms with E-state index in [4.69, 9.17) is 9.47 Å². The summed E-state index contributed by atoms with van der Waals surface area (Å²) in [5.41, 5.74) is 1.33. The second kappa shape index (κ2) is 7.97. The lowest BCUT2D eigenvalue weighted by Crippen LogP contribution is -2.23. The van der Waals surface area contributed by atoms with Crippen molar-refractivity contribution >= 4 is 5.91 Å². The molecule has 0 aliphatic carbocycles. The van der Waals surface area contributed by atoms with E-state index in [1.54, 1.807) is 25.4 Å². The van der Waals surface area contributed by atoms with E-state index in [9.17, 15) is 4.79 Å². The fourth-order valence-electron chi connectivity index (χ4n) is 2.31. The molecule has 5 nitrogen and oxygen atoms in total. The van der Waals surface area contributed by atoms with Crippen molar-refractivity contribution in [1.82, 2.24) is 10.3 Å². The van der Waals surface area contributed by atoms with Crippen molar-refractivity contribution in [3.8, 4) is 17.4 Å². The summed E-state index contributed by atoms with van der Waals surface area (Å²) in [4.78, 5) is 16.7. The Morgan fingerprint density at radius 3 is 2.60 bits per heavy atom. The number of rotatable bonds is 6. The van der Waals surface area contributed by atoms with Gasteiger partial charge >= 0.3 is 0 Å². The molecule has 0 aliphatic heterocycles. The Morgan fingerprint density at radius 2 is 1.80 bits per heavy atom. The SMILES string of the molecule is COc1cccc(CNC(=O)c2cccnc2Oc2ccccc2)c1. The van der Waals surface area contributed by atoms with Crippen LogP contribution in [0.1, 0.15) is 15.9 Å². The summed E-state index contributed by atoms with van der Waals surface area (Å²) < 4.78 is 10.9. The number of methoxy groups -OCH3 is 1. The second-order valence-corrected chi connectivity index (χ2v) is 5.31. The van der Waals surface area contributed by atoms with Crippen LogP contribution in [-0.2, 0) is 6.54 Å². The minimum absolute atomic E-state index is 0.248. The Bertz CT molecular complexity index is 850. The zero-order valence-electron chi connectivity index (χ0n) is 13.8. The van der Waals surface area contributed by atoms with E-state index >= 15 is 0 Å². The Balaban J connectivity index is 1.71. The quantitative estimate of drug-likeness (QED) is 0.744. The summed E-state index contributed by atoms with van der Waals surface area (Å²) in [6.07, 6.45) is 1.59. The van der Waals surface area contributed by atoms with Gasteiger partial charge in [-0.05, 0) is 42.0 Å². The number of pyridine rings is 1. The number of nitrogens with one attached hydrogen (secondary N) is 1. The summed E-state index contributed by atoms with van der Waals surface area (Å²) >= 11 is 0. The topological polar surface area (TPSA) is 60.5 Å². The third-order valence-corrected chi connectivity index (χ3v) is 3.56. The van der Waals surface area contributed by atoms with Gasteiger partial charge in [0.25, 0.3) is 5.91 Å². The van der Waals surface area contributed by atoms with Crippen LogP contribution in [0, 0.1) is 0 Å². The predicted molar refractivity (Wildman–Crippen MR) is 94.9 cm³/mol. The van der Waals surface area contributed by atoms with Crippen LogP contribution in [0.15, 0.2) is 72.9 Å². The van der Waals surface area contributed by atoms with E-state index in [1.165, 1.54) is 0 Å². The largest absolute Gasteiger partial charge is 0.497 e. The minimum atomic E-state index is -0.248. The third kappa shape index (κ3) is 4.35. The smallest absolute Gasteiger partial charge is 0.257 e.